The molecule has 0 bridgehead atoms. The molecule has 2 nitrogen and oxygen atoms in total. The van der Waals surface area contributed by atoms with Gasteiger partial charge in [0.2, 0.25) is 0 Å². The molecule has 1 aromatic rings. The van der Waals surface area contributed by atoms with Crippen LogP contribution in [0.1, 0.15) is 42.1 Å². The molecule has 1 saturated carbocycles. The molecule has 1 fully saturated rings. The molecular weight excluding hydrogens is 210 g/mol. The van der Waals surface area contributed by atoms with E-state index in [1.165, 1.54) is 0 Å². The maximum atomic E-state index is 12.4. The Morgan fingerprint density at radius 2 is 2.20 bits per heavy atom. The Morgan fingerprint density at radius 1 is 1.47 bits per heavy atom. The highest BCUT2D eigenvalue weighted by Gasteiger charge is 2.38. The van der Waals surface area contributed by atoms with Gasteiger partial charge in [0, 0.05) is 16.9 Å². The standard InChI is InChI=1S/C12H14ClNO/c13-10-6-2-1-5-9(10)12(14)8-4-3-7-11(12)15/h1-2,5-6H,3-4,7-8,14H2/i1D,2D,3D2,4D2,5D,6D. The third kappa shape index (κ3) is 1.80. The van der Waals surface area contributed by atoms with E-state index in [0.717, 1.165) is 0 Å². The van der Waals surface area contributed by atoms with Gasteiger partial charge in [0.1, 0.15) is 5.54 Å². The van der Waals surface area contributed by atoms with Crippen molar-refractivity contribution in [3.05, 3.63) is 34.8 Å². The van der Waals surface area contributed by atoms with Crippen LogP contribution in [0.3, 0.4) is 0 Å². The van der Waals surface area contributed by atoms with E-state index in [1.54, 1.807) is 0 Å². The van der Waals surface area contributed by atoms with Gasteiger partial charge >= 0.3 is 0 Å². The number of rotatable bonds is 1. The fourth-order valence-electron chi connectivity index (χ4n) is 1.43. The molecule has 1 aliphatic rings. The van der Waals surface area contributed by atoms with Crippen LogP contribution in [-0.4, -0.2) is 5.78 Å². The van der Waals surface area contributed by atoms with Crippen LogP contribution < -0.4 is 5.73 Å². The lowest BCUT2D eigenvalue weighted by atomic mass is 9.76. The smallest absolute Gasteiger partial charge is 0.157 e. The van der Waals surface area contributed by atoms with E-state index in [9.17, 15) is 4.79 Å². The number of ketones is 1. The summed E-state index contributed by atoms with van der Waals surface area (Å²) >= 11 is 5.97. The number of Topliss-reactive ketones (excluding diaryl/α,β-unsaturated/α-hetero) is 1. The summed E-state index contributed by atoms with van der Waals surface area (Å²) in [5.41, 5.74) is 3.51. The van der Waals surface area contributed by atoms with Crippen molar-refractivity contribution in [1.29, 1.82) is 0 Å². The summed E-state index contributed by atoms with van der Waals surface area (Å²) in [7, 11) is 0. The molecule has 80 valence electrons. The second-order valence-electron chi connectivity index (χ2n) is 3.29. The largest absolute Gasteiger partial charge is 0.315 e. The van der Waals surface area contributed by atoms with Gasteiger partial charge in [0.15, 0.2) is 5.78 Å². The Morgan fingerprint density at radius 3 is 3.00 bits per heavy atom. The van der Waals surface area contributed by atoms with E-state index < -0.39 is 71.7 Å². The quantitative estimate of drug-likeness (QED) is 0.808. The van der Waals surface area contributed by atoms with Gasteiger partial charge in [0.25, 0.3) is 0 Å². The minimum absolute atomic E-state index is 0.394. The van der Waals surface area contributed by atoms with Crippen LogP contribution in [0.4, 0.5) is 0 Å². The minimum Gasteiger partial charge on any atom is -0.315 e. The monoisotopic (exact) mass is 231 g/mol. The summed E-state index contributed by atoms with van der Waals surface area (Å²) in [4.78, 5) is 12.4. The van der Waals surface area contributed by atoms with Crippen molar-refractivity contribution in [2.24, 2.45) is 5.73 Å². The summed E-state index contributed by atoms with van der Waals surface area (Å²) in [5, 5.41) is -0.454. The van der Waals surface area contributed by atoms with Gasteiger partial charge in [-0.3, -0.25) is 4.79 Å². The molecule has 0 saturated heterocycles. The molecule has 3 heteroatoms. The average Bonchev–Trinajstić information content (AvgIpc) is 2.40. The highest BCUT2D eigenvalue weighted by molar-refractivity contribution is 6.31. The Balaban J connectivity index is 2.74. The SMILES string of the molecule is [2H]c1c([2H])c([2H])c(C2(N)CC([2H])([2H])C([2H])([2H])CC2=O)c(Cl)c1[2H]. The number of benzene rings is 1. The zero-order valence-electron chi connectivity index (χ0n) is 15.8. The van der Waals surface area contributed by atoms with Gasteiger partial charge < -0.3 is 5.73 Å². The third-order valence-electron chi connectivity index (χ3n) is 2.33. The number of hydrogen-bond acceptors (Lipinski definition) is 2. The summed E-state index contributed by atoms with van der Waals surface area (Å²) in [6, 6.07) is -2.42. The van der Waals surface area contributed by atoms with E-state index in [2.05, 4.69) is 0 Å². The van der Waals surface area contributed by atoms with Gasteiger partial charge in [-0.15, -0.1) is 0 Å². The maximum Gasteiger partial charge on any atom is 0.157 e. The van der Waals surface area contributed by atoms with Gasteiger partial charge in [0.05, 0.1) is 5.48 Å². The molecule has 1 unspecified atom stereocenters. The van der Waals surface area contributed by atoms with Crippen LogP contribution in [0.2, 0.25) is 5.02 Å². The Kier molecular flexibility index (Phi) is 1.20. The Hall–Kier alpha value is -0.860. The minimum atomic E-state index is -2.46. The molecule has 0 spiro atoms. The normalized spacial score (nSPS) is 41.1. The number of hydrogen-bond donors (Lipinski definition) is 1. The van der Waals surface area contributed by atoms with E-state index >= 15 is 0 Å². The first kappa shape index (κ1) is 4.56. The predicted octanol–water partition coefficient (Wildman–Crippen LogP) is 2.64. The zero-order valence-corrected chi connectivity index (χ0v) is 8.53. The van der Waals surface area contributed by atoms with Crippen LogP contribution in [-0.2, 0) is 10.3 Å². The van der Waals surface area contributed by atoms with Gasteiger partial charge in [-0.1, -0.05) is 36.1 Å². The lowest BCUT2D eigenvalue weighted by molar-refractivity contribution is -0.126. The molecule has 0 amide bonds. The highest BCUT2D eigenvalue weighted by atomic mass is 35.5. The number of nitrogens with two attached hydrogens (primary N) is 1. The van der Waals surface area contributed by atoms with Crippen molar-refractivity contribution in [1.82, 2.24) is 0 Å². The maximum absolute atomic E-state index is 12.4. The average molecular weight is 232 g/mol. The number of carbonyl (C=O) groups is 1. The Bertz CT molecular complexity index is 678. The third-order valence-corrected chi connectivity index (χ3v) is 2.61. The fraction of sp³-hybridized carbons (Fsp3) is 0.417. The van der Waals surface area contributed by atoms with Crippen LogP contribution in [0, 0.1) is 0 Å². The molecular formula is C12H14ClNO. The molecule has 0 heterocycles. The molecule has 1 aromatic carbocycles. The van der Waals surface area contributed by atoms with Crippen LogP contribution >= 0.6 is 11.6 Å². The summed E-state index contributed by atoms with van der Waals surface area (Å²) in [6.45, 7) is 0. The molecule has 2 rings (SSSR count). The first-order valence-corrected chi connectivity index (χ1v) is 4.72. The number of carbonyl (C=O) groups excluding carboxylic acids is 1. The first-order chi connectivity index (χ1) is 10.3. The lowest BCUT2D eigenvalue weighted by Crippen LogP contribution is -2.47. The van der Waals surface area contributed by atoms with Crippen molar-refractivity contribution in [3.63, 3.8) is 0 Å². The Labute approximate surface area is 106 Å². The highest BCUT2D eigenvalue weighted by Crippen LogP contribution is 2.35. The van der Waals surface area contributed by atoms with Crippen molar-refractivity contribution >= 4 is 17.4 Å². The topological polar surface area (TPSA) is 43.1 Å². The van der Waals surface area contributed by atoms with Crippen molar-refractivity contribution in [2.45, 2.75) is 31.1 Å². The molecule has 1 aliphatic carbocycles. The van der Waals surface area contributed by atoms with E-state index in [-0.39, 0.29) is 0 Å². The zero-order chi connectivity index (χ0) is 18.0. The molecule has 0 radical (unpaired) electrons. The molecule has 2 N–H and O–H groups in total. The van der Waals surface area contributed by atoms with E-state index in [4.69, 9.17) is 28.3 Å². The van der Waals surface area contributed by atoms with Crippen molar-refractivity contribution in [3.8, 4) is 0 Å². The fourth-order valence-corrected chi connectivity index (χ4v) is 1.70. The molecule has 0 aromatic heterocycles. The summed E-state index contributed by atoms with van der Waals surface area (Å²) in [5.74, 6) is -0.857. The van der Waals surface area contributed by atoms with Crippen molar-refractivity contribution in [2.75, 3.05) is 0 Å². The van der Waals surface area contributed by atoms with Gasteiger partial charge in [-0.05, 0) is 24.4 Å². The van der Waals surface area contributed by atoms with Crippen LogP contribution in [0.15, 0.2) is 24.2 Å². The van der Waals surface area contributed by atoms with Crippen molar-refractivity contribution < 1.29 is 15.8 Å². The predicted molar refractivity (Wildman–Crippen MR) is 60.8 cm³/mol. The second kappa shape index (κ2) is 3.95. The van der Waals surface area contributed by atoms with E-state index in [1.807, 2.05) is 0 Å². The lowest BCUT2D eigenvalue weighted by Gasteiger charge is -2.32. The molecule has 1 atom stereocenters. The van der Waals surface area contributed by atoms with Crippen LogP contribution in [0.25, 0.3) is 0 Å². The van der Waals surface area contributed by atoms with Gasteiger partial charge in [-0.25, -0.2) is 0 Å². The molecule has 0 aliphatic heterocycles. The first-order valence-electron chi connectivity index (χ1n) is 8.35. The second-order valence-corrected chi connectivity index (χ2v) is 3.67. The number of halogens is 1. The van der Waals surface area contributed by atoms with Crippen LogP contribution in [0.5, 0.6) is 0 Å². The van der Waals surface area contributed by atoms with Gasteiger partial charge in [-0.2, -0.15) is 0 Å². The van der Waals surface area contributed by atoms with E-state index in [0.29, 0.717) is 0 Å². The summed E-state index contributed by atoms with van der Waals surface area (Å²) < 4.78 is 61.9. The summed E-state index contributed by atoms with van der Waals surface area (Å²) in [6.07, 6.45) is -6.47. The molecule has 15 heavy (non-hydrogen) atoms.